The number of piperidine rings is 1. The molecule has 1 spiro atoms. The van der Waals surface area contributed by atoms with Crippen LogP contribution < -0.4 is 10.1 Å². The van der Waals surface area contributed by atoms with Crippen molar-refractivity contribution in [2.75, 3.05) is 19.6 Å². The summed E-state index contributed by atoms with van der Waals surface area (Å²) in [5, 5.41) is 2.80. The second-order valence-corrected chi connectivity index (χ2v) is 7.98. The number of hydrogen-bond acceptors (Lipinski definition) is 4. The first-order valence-corrected chi connectivity index (χ1v) is 9.11. The fraction of sp³-hybridized carbons (Fsp3) is 0.533. The van der Waals surface area contributed by atoms with E-state index in [1.165, 1.54) is 22.5 Å². The molecule has 0 radical (unpaired) electrons. The van der Waals surface area contributed by atoms with E-state index in [4.69, 9.17) is 0 Å². The number of ether oxygens (including phenoxy) is 1. The number of halogens is 2. The van der Waals surface area contributed by atoms with Crippen LogP contribution in [0.1, 0.15) is 19.3 Å². The van der Waals surface area contributed by atoms with Gasteiger partial charge in [0.1, 0.15) is 5.75 Å². The Hall–Kier alpha value is -1.74. The molecule has 2 saturated heterocycles. The molecule has 0 atom stereocenters. The highest BCUT2D eigenvalue weighted by Crippen LogP contribution is 2.39. The van der Waals surface area contributed by atoms with E-state index in [1.807, 2.05) is 0 Å². The van der Waals surface area contributed by atoms with Crippen molar-refractivity contribution in [3.05, 3.63) is 24.3 Å². The minimum Gasteiger partial charge on any atom is -0.435 e. The van der Waals surface area contributed by atoms with Gasteiger partial charge in [0.25, 0.3) is 0 Å². The third-order valence-corrected chi connectivity index (χ3v) is 6.61. The molecule has 0 aliphatic carbocycles. The van der Waals surface area contributed by atoms with E-state index in [-0.39, 0.29) is 29.6 Å². The van der Waals surface area contributed by atoms with Crippen LogP contribution in [0.15, 0.2) is 29.2 Å². The first-order valence-electron chi connectivity index (χ1n) is 7.67. The van der Waals surface area contributed by atoms with Gasteiger partial charge < -0.3 is 10.1 Å². The van der Waals surface area contributed by atoms with Crippen molar-refractivity contribution >= 4 is 15.9 Å². The van der Waals surface area contributed by atoms with Gasteiger partial charge in [-0.2, -0.15) is 13.1 Å². The standard InChI is InChI=1S/C15H18F2N2O4S/c16-14(17)23-11-2-1-3-12(10-11)24(21,22)19-8-5-15(6-9-19)4-7-18-13(15)20/h1-3,10,14H,4-9H2,(H,18,20). The van der Waals surface area contributed by atoms with Gasteiger partial charge in [0.2, 0.25) is 15.9 Å². The Balaban J connectivity index is 1.76. The van der Waals surface area contributed by atoms with Crippen LogP contribution in [0.5, 0.6) is 5.75 Å². The number of nitrogens with one attached hydrogen (secondary N) is 1. The number of rotatable bonds is 4. The summed E-state index contributed by atoms with van der Waals surface area (Å²) in [6, 6.07) is 5.08. The molecule has 1 aromatic carbocycles. The number of amides is 1. The fourth-order valence-electron chi connectivity index (χ4n) is 3.31. The van der Waals surface area contributed by atoms with E-state index < -0.39 is 22.0 Å². The molecule has 0 unspecified atom stereocenters. The number of hydrogen-bond donors (Lipinski definition) is 1. The van der Waals surface area contributed by atoms with Crippen molar-refractivity contribution in [3.8, 4) is 5.75 Å². The predicted molar refractivity (Wildman–Crippen MR) is 81.1 cm³/mol. The lowest BCUT2D eigenvalue weighted by Crippen LogP contribution is -2.46. The van der Waals surface area contributed by atoms with Gasteiger partial charge in [0, 0.05) is 25.7 Å². The lowest BCUT2D eigenvalue weighted by Gasteiger charge is -2.36. The second kappa shape index (κ2) is 6.29. The van der Waals surface area contributed by atoms with Crippen LogP contribution in [-0.2, 0) is 14.8 Å². The average Bonchev–Trinajstić information content (AvgIpc) is 2.88. The van der Waals surface area contributed by atoms with E-state index in [0.717, 1.165) is 12.5 Å². The molecule has 9 heteroatoms. The van der Waals surface area contributed by atoms with Crippen LogP contribution in [0, 0.1) is 5.41 Å². The monoisotopic (exact) mass is 360 g/mol. The van der Waals surface area contributed by atoms with Crippen molar-refractivity contribution in [1.82, 2.24) is 9.62 Å². The molecule has 3 rings (SSSR count). The Kier molecular flexibility index (Phi) is 4.48. The first kappa shape index (κ1) is 17.1. The number of carbonyl (C=O) groups excluding carboxylic acids is 1. The second-order valence-electron chi connectivity index (χ2n) is 6.04. The van der Waals surface area contributed by atoms with Crippen LogP contribution in [0.4, 0.5) is 8.78 Å². The maximum absolute atomic E-state index is 12.7. The molecule has 0 bridgehead atoms. The fourth-order valence-corrected chi connectivity index (χ4v) is 4.78. The molecule has 6 nitrogen and oxygen atoms in total. The van der Waals surface area contributed by atoms with Crippen molar-refractivity contribution in [1.29, 1.82) is 0 Å². The molecule has 2 aliphatic heterocycles. The molecule has 24 heavy (non-hydrogen) atoms. The normalized spacial score (nSPS) is 21.2. The first-order chi connectivity index (χ1) is 11.3. The van der Waals surface area contributed by atoms with Crippen molar-refractivity contribution in [2.24, 2.45) is 5.41 Å². The van der Waals surface area contributed by atoms with Gasteiger partial charge in [-0.25, -0.2) is 8.42 Å². The van der Waals surface area contributed by atoms with E-state index in [0.29, 0.717) is 19.4 Å². The van der Waals surface area contributed by atoms with E-state index in [2.05, 4.69) is 10.1 Å². The summed E-state index contributed by atoms with van der Waals surface area (Å²) in [6.45, 7) is -1.93. The van der Waals surface area contributed by atoms with E-state index in [9.17, 15) is 22.0 Å². The highest BCUT2D eigenvalue weighted by Gasteiger charge is 2.46. The summed E-state index contributed by atoms with van der Waals surface area (Å²) < 4.78 is 55.5. The molecule has 132 valence electrons. The Labute approximate surface area is 138 Å². The maximum atomic E-state index is 12.7. The predicted octanol–water partition coefficient (Wildman–Crippen LogP) is 1.58. The highest BCUT2D eigenvalue weighted by molar-refractivity contribution is 7.89. The third kappa shape index (κ3) is 3.10. The lowest BCUT2D eigenvalue weighted by molar-refractivity contribution is -0.129. The molecule has 0 saturated carbocycles. The summed E-state index contributed by atoms with van der Waals surface area (Å²) in [4.78, 5) is 11.9. The number of benzene rings is 1. The Bertz CT molecular complexity index is 731. The molecule has 1 N–H and O–H groups in total. The van der Waals surface area contributed by atoms with Gasteiger partial charge >= 0.3 is 6.61 Å². The van der Waals surface area contributed by atoms with Crippen LogP contribution >= 0.6 is 0 Å². The molecule has 2 heterocycles. The SMILES string of the molecule is O=C1NCCC12CCN(S(=O)(=O)c1cccc(OC(F)F)c1)CC2. The molecular weight excluding hydrogens is 342 g/mol. The van der Waals surface area contributed by atoms with Gasteiger partial charge in [0.15, 0.2) is 0 Å². The number of nitrogens with zero attached hydrogens (tertiary/aromatic N) is 1. The minimum atomic E-state index is -3.81. The van der Waals surface area contributed by atoms with Gasteiger partial charge in [0.05, 0.1) is 10.3 Å². The maximum Gasteiger partial charge on any atom is 0.387 e. The Morgan fingerprint density at radius 1 is 1.21 bits per heavy atom. The Morgan fingerprint density at radius 2 is 1.92 bits per heavy atom. The van der Waals surface area contributed by atoms with Gasteiger partial charge in [-0.05, 0) is 31.4 Å². The zero-order valence-corrected chi connectivity index (χ0v) is 13.7. The largest absolute Gasteiger partial charge is 0.435 e. The lowest BCUT2D eigenvalue weighted by atomic mass is 9.78. The third-order valence-electron chi connectivity index (χ3n) is 4.72. The van der Waals surface area contributed by atoms with Gasteiger partial charge in [-0.3, -0.25) is 4.79 Å². The summed E-state index contributed by atoms with van der Waals surface area (Å²) in [5.74, 6) is -0.207. The molecule has 2 aliphatic rings. The summed E-state index contributed by atoms with van der Waals surface area (Å²) in [5.41, 5.74) is -0.466. The molecule has 1 aromatic rings. The van der Waals surface area contributed by atoms with E-state index in [1.54, 1.807) is 0 Å². The van der Waals surface area contributed by atoms with Gasteiger partial charge in [-0.1, -0.05) is 6.07 Å². The Morgan fingerprint density at radius 3 is 2.50 bits per heavy atom. The molecule has 1 amide bonds. The summed E-state index contributed by atoms with van der Waals surface area (Å²) >= 11 is 0. The highest BCUT2D eigenvalue weighted by atomic mass is 32.2. The molecular formula is C15H18F2N2O4S. The summed E-state index contributed by atoms with van der Waals surface area (Å²) in [6.07, 6.45) is 1.65. The minimum absolute atomic E-state index is 0.00752. The summed E-state index contributed by atoms with van der Waals surface area (Å²) in [7, 11) is -3.81. The quantitative estimate of drug-likeness (QED) is 0.885. The zero-order valence-electron chi connectivity index (χ0n) is 12.9. The topological polar surface area (TPSA) is 75.7 Å². The van der Waals surface area contributed by atoms with Crippen molar-refractivity contribution in [3.63, 3.8) is 0 Å². The average molecular weight is 360 g/mol. The van der Waals surface area contributed by atoms with Crippen molar-refractivity contribution < 1.29 is 26.7 Å². The smallest absolute Gasteiger partial charge is 0.387 e. The van der Waals surface area contributed by atoms with Crippen LogP contribution in [0.25, 0.3) is 0 Å². The van der Waals surface area contributed by atoms with Crippen LogP contribution in [-0.4, -0.2) is 44.9 Å². The molecule has 0 aromatic heterocycles. The van der Waals surface area contributed by atoms with Crippen LogP contribution in [0.2, 0.25) is 0 Å². The number of carbonyl (C=O) groups is 1. The number of alkyl halides is 2. The van der Waals surface area contributed by atoms with Gasteiger partial charge in [-0.15, -0.1) is 0 Å². The number of sulfonamides is 1. The van der Waals surface area contributed by atoms with E-state index >= 15 is 0 Å². The van der Waals surface area contributed by atoms with Crippen molar-refractivity contribution in [2.45, 2.75) is 30.8 Å². The van der Waals surface area contributed by atoms with Crippen LogP contribution in [0.3, 0.4) is 0 Å². The zero-order chi connectivity index (χ0) is 17.4. The molecule has 2 fully saturated rings.